The number of hydrogen-bond donors (Lipinski definition) is 0. The van der Waals surface area contributed by atoms with Crippen LogP contribution in [0, 0.1) is 56.2 Å². The van der Waals surface area contributed by atoms with Crippen LogP contribution in [0.5, 0.6) is 0 Å². The smallest absolute Gasteiger partial charge is 0.00723 e. The maximum absolute atomic E-state index is 2.44. The molecule has 0 aromatic heterocycles. The minimum absolute atomic E-state index is 0. The minimum Gasteiger partial charge on any atom is -0.0776 e. The number of rotatable bonds is 0. The van der Waals surface area contributed by atoms with Gasteiger partial charge in [0.25, 0.3) is 0 Å². The molecule has 2 aliphatic carbocycles. The van der Waals surface area contributed by atoms with Crippen LogP contribution in [0.2, 0.25) is 0 Å². The van der Waals surface area contributed by atoms with Crippen LogP contribution < -0.4 is 0 Å². The topological polar surface area (TPSA) is 0 Å². The first-order chi connectivity index (χ1) is 14.7. The van der Waals surface area contributed by atoms with Gasteiger partial charge in [0.1, 0.15) is 0 Å². The molecule has 0 radical (unpaired) electrons. The third-order valence-corrected chi connectivity index (χ3v) is 8.54. The largest absolute Gasteiger partial charge is 0.0776 e. The van der Waals surface area contributed by atoms with Crippen molar-refractivity contribution in [1.29, 1.82) is 0 Å². The predicted molar refractivity (Wildman–Crippen MR) is 170 cm³/mol. The standard InChI is InChI=1S/C17H34.C17H30.2CH4/c2*1-15(2,3)12-10-11-13(16(4,5)6)14(12)17(7,8)9;;/h12-14H,10-11H2,1-9H3;10-11,14H,1-9H3;2*1H4. The second-order valence-corrected chi connectivity index (χ2v) is 18.0. The Morgan fingerprint density at radius 1 is 0.444 bits per heavy atom. The van der Waals surface area contributed by atoms with Crippen molar-refractivity contribution in [3.05, 3.63) is 23.3 Å². The van der Waals surface area contributed by atoms with E-state index < -0.39 is 0 Å². The molecule has 0 amide bonds. The van der Waals surface area contributed by atoms with E-state index in [2.05, 4.69) is 137 Å². The first kappa shape index (κ1) is 37.6. The fourth-order valence-corrected chi connectivity index (χ4v) is 6.99. The van der Waals surface area contributed by atoms with Gasteiger partial charge in [0.05, 0.1) is 0 Å². The van der Waals surface area contributed by atoms with Gasteiger partial charge >= 0.3 is 0 Å². The maximum atomic E-state index is 2.44. The summed E-state index contributed by atoms with van der Waals surface area (Å²) in [6.45, 7) is 43.0. The Morgan fingerprint density at radius 3 is 0.889 bits per heavy atom. The first-order valence-electron chi connectivity index (χ1n) is 14.1. The number of allylic oxidation sites excluding steroid dienone is 4. The summed E-state index contributed by atoms with van der Waals surface area (Å²) in [6, 6.07) is 0. The zero-order valence-electron chi connectivity index (χ0n) is 26.9. The van der Waals surface area contributed by atoms with Crippen LogP contribution in [0.25, 0.3) is 0 Å². The summed E-state index contributed by atoms with van der Waals surface area (Å²) in [5.41, 5.74) is 5.37. The molecule has 2 rings (SSSR count). The van der Waals surface area contributed by atoms with E-state index in [0.29, 0.717) is 27.6 Å². The van der Waals surface area contributed by atoms with Crippen molar-refractivity contribution in [2.45, 2.75) is 152 Å². The van der Waals surface area contributed by atoms with Crippen LogP contribution in [0.4, 0.5) is 0 Å². The predicted octanol–water partition coefficient (Wildman–Crippen LogP) is 12.6. The first-order valence-corrected chi connectivity index (χ1v) is 14.1. The van der Waals surface area contributed by atoms with E-state index in [1.807, 2.05) is 0 Å². The van der Waals surface area contributed by atoms with Crippen LogP contribution in [-0.2, 0) is 0 Å². The molecule has 0 N–H and O–H groups in total. The Kier molecular flexibility index (Phi) is 12.2. The van der Waals surface area contributed by atoms with Crippen molar-refractivity contribution in [1.82, 2.24) is 0 Å². The maximum Gasteiger partial charge on any atom is 0.00723 e. The summed E-state index contributed by atoms with van der Waals surface area (Å²) < 4.78 is 0. The van der Waals surface area contributed by atoms with Crippen molar-refractivity contribution < 1.29 is 0 Å². The summed E-state index contributed by atoms with van der Waals surface area (Å²) in [7, 11) is 0. The lowest BCUT2D eigenvalue weighted by atomic mass is 9.59. The molecule has 1 saturated carbocycles. The summed E-state index contributed by atoms with van der Waals surface area (Å²) in [6.07, 6.45) is 7.59. The van der Waals surface area contributed by atoms with Crippen molar-refractivity contribution in [3.8, 4) is 0 Å². The third kappa shape index (κ3) is 9.34. The summed E-state index contributed by atoms with van der Waals surface area (Å²) in [5, 5.41) is 0. The highest BCUT2D eigenvalue weighted by Crippen LogP contribution is 2.58. The highest BCUT2D eigenvalue weighted by molar-refractivity contribution is 5.41. The van der Waals surface area contributed by atoms with Gasteiger partial charge in [-0.2, -0.15) is 0 Å². The molecule has 0 heterocycles. The molecule has 0 aromatic rings. The molecule has 36 heavy (non-hydrogen) atoms. The molecule has 0 aliphatic heterocycles. The average Bonchev–Trinajstić information content (AvgIpc) is 3.17. The SMILES string of the molecule is C.C.CC(C)(C)C1=CC=C(C(C)(C)C)C1C(C)(C)C.CC(C)(C)C1CCC(C(C)(C)C)C1C(C)(C)C. The van der Waals surface area contributed by atoms with E-state index in [1.54, 1.807) is 11.1 Å². The fourth-order valence-electron chi connectivity index (χ4n) is 6.99. The quantitative estimate of drug-likeness (QED) is 0.307. The van der Waals surface area contributed by atoms with Crippen molar-refractivity contribution >= 4 is 0 Å². The fraction of sp³-hybridized carbons (Fsp3) is 0.889. The van der Waals surface area contributed by atoms with Crippen molar-refractivity contribution in [2.75, 3.05) is 0 Å². The van der Waals surface area contributed by atoms with Crippen molar-refractivity contribution in [3.63, 3.8) is 0 Å². The molecular formula is C36H72. The van der Waals surface area contributed by atoms with Gasteiger partial charge in [0.15, 0.2) is 0 Å². The van der Waals surface area contributed by atoms with Gasteiger partial charge in [0.2, 0.25) is 0 Å². The van der Waals surface area contributed by atoms with Crippen LogP contribution in [0.1, 0.15) is 152 Å². The molecule has 0 aromatic carbocycles. The summed E-state index contributed by atoms with van der Waals surface area (Å²) >= 11 is 0. The summed E-state index contributed by atoms with van der Waals surface area (Å²) in [5.74, 6) is 3.21. The third-order valence-electron chi connectivity index (χ3n) is 8.54. The summed E-state index contributed by atoms with van der Waals surface area (Å²) in [4.78, 5) is 0. The van der Waals surface area contributed by atoms with E-state index in [-0.39, 0.29) is 25.7 Å². The van der Waals surface area contributed by atoms with Crippen LogP contribution in [0.3, 0.4) is 0 Å². The Labute approximate surface area is 231 Å². The van der Waals surface area contributed by atoms with Gasteiger partial charge in [-0.3, -0.25) is 0 Å². The molecule has 0 bridgehead atoms. The van der Waals surface area contributed by atoms with Gasteiger partial charge in [-0.15, -0.1) is 0 Å². The number of hydrogen-bond acceptors (Lipinski definition) is 0. The van der Waals surface area contributed by atoms with E-state index >= 15 is 0 Å². The molecule has 0 spiro atoms. The Hall–Kier alpha value is -0.520. The lowest BCUT2D eigenvalue weighted by molar-refractivity contribution is 0.0300. The molecule has 2 unspecified atom stereocenters. The monoisotopic (exact) mass is 505 g/mol. The Bertz CT molecular complexity index is 677. The van der Waals surface area contributed by atoms with Crippen LogP contribution in [-0.4, -0.2) is 0 Å². The molecule has 2 aliphatic rings. The molecule has 216 valence electrons. The van der Waals surface area contributed by atoms with Gasteiger partial charge < -0.3 is 0 Å². The molecule has 0 heteroatoms. The van der Waals surface area contributed by atoms with E-state index in [1.165, 1.54) is 12.8 Å². The normalized spacial score (nSPS) is 24.2. The molecule has 0 saturated heterocycles. The second kappa shape index (κ2) is 11.7. The van der Waals surface area contributed by atoms with Crippen LogP contribution in [0.15, 0.2) is 23.3 Å². The highest BCUT2D eigenvalue weighted by atomic mass is 14.5. The average molecular weight is 505 g/mol. The highest BCUT2D eigenvalue weighted by Gasteiger charge is 2.50. The molecular weight excluding hydrogens is 432 g/mol. The van der Waals surface area contributed by atoms with Gasteiger partial charge in [-0.05, 0) is 63.1 Å². The lowest BCUT2D eigenvalue weighted by Gasteiger charge is -2.45. The zero-order valence-corrected chi connectivity index (χ0v) is 26.9. The lowest BCUT2D eigenvalue weighted by Crippen LogP contribution is -2.39. The van der Waals surface area contributed by atoms with Gasteiger partial charge in [-0.25, -0.2) is 0 Å². The zero-order chi connectivity index (χ0) is 27.3. The van der Waals surface area contributed by atoms with E-state index in [0.717, 1.165) is 17.8 Å². The second-order valence-electron chi connectivity index (χ2n) is 18.0. The van der Waals surface area contributed by atoms with Crippen molar-refractivity contribution in [2.24, 2.45) is 56.2 Å². The Morgan fingerprint density at radius 2 is 0.722 bits per heavy atom. The molecule has 2 atom stereocenters. The Balaban J connectivity index is 0. The van der Waals surface area contributed by atoms with Gasteiger partial charge in [-0.1, -0.05) is 163 Å². The minimum atomic E-state index is 0. The van der Waals surface area contributed by atoms with E-state index in [9.17, 15) is 0 Å². The van der Waals surface area contributed by atoms with E-state index in [4.69, 9.17) is 0 Å². The van der Waals surface area contributed by atoms with Crippen LogP contribution >= 0.6 is 0 Å². The molecule has 0 nitrogen and oxygen atoms in total. The molecule has 1 fully saturated rings. The van der Waals surface area contributed by atoms with Gasteiger partial charge in [0, 0.05) is 5.92 Å².